The minimum atomic E-state index is -1.88. The van der Waals surface area contributed by atoms with Crippen molar-refractivity contribution in [1.29, 1.82) is 0 Å². The smallest absolute Gasteiger partial charge is 0.201 e. The van der Waals surface area contributed by atoms with Gasteiger partial charge in [0.25, 0.3) is 0 Å². The summed E-state index contributed by atoms with van der Waals surface area (Å²) in [5.74, 6) is 0.944. The van der Waals surface area contributed by atoms with E-state index in [1.165, 1.54) is 0 Å². The first-order valence-electron chi connectivity index (χ1n) is 8.41. The number of fused-ring (bicyclic) bond motifs is 1. The second-order valence-corrected chi connectivity index (χ2v) is 12.6. The number of nitrogens with one attached hydrogen (secondary N) is 1. The van der Waals surface area contributed by atoms with Crippen molar-refractivity contribution in [3.05, 3.63) is 30.1 Å². The average Bonchev–Trinajstić information content (AvgIpc) is 2.87. The quantitative estimate of drug-likeness (QED) is 0.682. The molecule has 3 nitrogen and oxygen atoms in total. The van der Waals surface area contributed by atoms with Crippen LogP contribution in [0, 0.1) is 0 Å². The molecule has 1 atom stereocenters. The molecule has 2 rings (SSSR count). The normalized spacial score (nSPS) is 14.5. The molecular weight excluding hydrogens is 288 g/mol. The van der Waals surface area contributed by atoms with E-state index in [9.17, 15) is 0 Å². The fourth-order valence-electron chi connectivity index (χ4n) is 3.94. The molecule has 0 saturated carbocycles. The molecule has 0 saturated heterocycles. The van der Waals surface area contributed by atoms with Crippen molar-refractivity contribution < 1.29 is 4.43 Å². The summed E-state index contributed by atoms with van der Waals surface area (Å²) in [6.45, 7) is 16.0. The Bertz CT molecular complexity index is 564. The number of aromatic nitrogens is 2. The second kappa shape index (κ2) is 6.55. The summed E-state index contributed by atoms with van der Waals surface area (Å²) in [7, 11) is -1.88. The van der Waals surface area contributed by atoms with Gasteiger partial charge < -0.3 is 9.41 Å². The van der Waals surface area contributed by atoms with Crippen LogP contribution in [0.15, 0.2) is 24.3 Å². The van der Waals surface area contributed by atoms with E-state index in [1.807, 2.05) is 18.2 Å². The van der Waals surface area contributed by atoms with Crippen LogP contribution in [-0.4, -0.2) is 18.3 Å². The van der Waals surface area contributed by atoms with Crippen LogP contribution in [-0.2, 0) is 4.43 Å². The van der Waals surface area contributed by atoms with Crippen LogP contribution in [0.5, 0.6) is 0 Å². The van der Waals surface area contributed by atoms with Crippen molar-refractivity contribution in [2.45, 2.75) is 71.2 Å². The first kappa shape index (κ1) is 17.2. The Morgan fingerprint density at radius 3 is 1.95 bits per heavy atom. The molecule has 0 spiro atoms. The summed E-state index contributed by atoms with van der Waals surface area (Å²) in [4.78, 5) is 8.14. The van der Waals surface area contributed by atoms with Crippen molar-refractivity contribution >= 4 is 19.4 Å². The molecule has 4 heteroatoms. The standard InChI is InChI=1S/C18H30N2OSi/c1-12(2)22(13(3)4,14(5)6)21-15(7)18-19-16-10-8-9-11-17(16)20-18/h8-15H,1-7H3,(H,19,20). The molecule has 22 heavy (non-hydrogen) atoms. The zero-order chi connectivity index (χ0) is 16.5. The summed E-state index contributed by atoms with van der Waals surface area (Å²) in [6, 6.07) is 8.16. The zero-order valence-corrected chi connectivity index (χ0v) is 16.0. The van der Waals surface area contributed by atoms with Crippen LogP contribution in [0.25, 0.3) is 11.0 Å². The Labute approximate surface area is 135 Å². The van der Waals surface area contributed by atoms with Gasteiger partial charge in [0.1, 0.15) is 11.9 Å². The molecular formula is C18H30N2OSi. The summed E-state index contributed by atoms with van der Waals surface area (Å²) in [6.07, 6.45) is 0.00580. The molecule has 1 N–H and O–H groups in total. The number of hydrogen-bond donors (Lipinski definition) is 1. The summed E-state index contributed by atoms with van der Waals surface area (Å²) < 4.78 is 6.78. The minimum absolute atomic E-state index is 0.00580. The van der Waals surface area contributed by atoms with Gasteiger partial charge in [0.15, 0.2) is 0 Å². The number of nitrogens with zero attached hydrogens (tertiary/aromatic N) is 1. The van der Waals surface area contributed by atoms with E-state index in [0.29, 0.717) is 16.6 Å². The third-order valence-corrected chi connectivity index (χ3v) is 11.1. The van der Waals surface area contributed by atoms with Crippen molar-refractivity contribution in [3.63, 3.8) is 0 Å². The molecule has 2 aromatic rings. The number of rotatable bonds is 6. The Kier molecular flexibility index (Phi) is 5.13. The van der Waals surface area contributed by atoms with E-state index in [1.54, 1.807) is 0 Å². The number of benzene rings is 1. The Hall–Kier alpha value is -1.13. The largest absolute Gasteiger partial charge is 0.406 e. The van der Waals surface area contributed by atoms with Crippen molar-refractivity contribution in [3.8, 4) is 0 Å². The molecule has 0 bridgehead atoms. The van der Waals surface area contributed by atoms with E-state index in [-0.39, 0.29) is 6.10 Å². The van der Waals surface area contributed by atoms with Gasteiger partial charge in [-0.3, -0.25) is 0 Å². The molecule has 0 fully saturated rings. The van der Waals surface area contributed by atoms with Crippen LogP contribution in [0.4, 0.5) is 0 Å². The highest BCUT2D eigenvalue weighted by atomic mass is 28.4. The van der Waals surface area contributed by atoms with Gasteiger partial charge in [-0.2, -0.15) is 0 Å². The third-order valence-electron chi connectivity index (χ3n) is 4.88. The lowest BCUT2D eigenvalue weighted by atomic mass is 10.3. The van der Waals surface area contributed by atoms with Gasteiger partial charge in [-0.05, 0) is 35.7 Å². The van der Waals surface area contributed by atoms with E-state index < -0.39 is 8.32 Å². The van der Waals surface area contributed by atoms with Gasteiger partial charge in [0, 0.05) is 0 Å². The lowest BCUT2D eigenvalue weighted by Gasteiger charge is -2.43. The lowest BCUT2D eigenvalue weighted by Crippen LogP contribution is -2.48. The van der Waals surface area contributed by atoms with Crippen LogP contribution in [0.2, 0.25) is 16.6 Å². The molecule has 1 aromatic heterocycles. The second-order valence-electron chi connectivity index (χ2n) is 7.22. The average molecular weight is 319 g/mol. The predicted octanol–water partition coefficient (Wildman–Crippen LogP) is 5.82. The maximum Gasteiger partial charge on any atom is 0.201 e. The van der Waals surface area contributed by atoms with Gasteiger partial charge >= 0.3 is 0 Å². The van der Waals surface area contributed by atoms with Crippen LogP contribution in [0.3, 0.4) is 0 Å². The van der Waals surface area contributed by atoms with Gasteiger partial charge in [0.2, 0.25) is 8.32 Å². The Morgan fingerprint density at radius 2 is 1.45 bits per heavy atom. The Morgan fingerprint density at radius 1 is 0.909 bits per heavy atom. The SMILES string of the molecule is CC(O[Si](C(C)C)(C(C)C)C(C)C)c1nc2ccccc2[nH]1. The summed E-state index contributed by atoms with van der Waals surface area (Å²) >= 11 is 0. The van der Waals surface area contributed by atoms with E-state index >= 15 is 0 Å². The third kappa shape index (κ3) is 2.99. The molecule has 1 heterocycles. The first-order chi connectivity index (χ1) is 10.3. The number of imidazole rings is 1. The highest BCUT2D eigenvalue weighted by Crippen LogP contribution is 2.44. The topological polar surface area (TPSA) is 37.9 Å². The number of hydrogen-bond acceptors (Lipinski definition) is 2. The van der Waals surface area contributed by atoms with E-state index in [0.717, 1.165) is 16.9 Å². The van der Waals surface area contributed by atoms with E-state index in [4.69, 9.17) is 9.41 Å². The highest BCUT2D eigenvalue weighted by molar-refractivity contribution is 6.77. The van der Waals surface area contributed by atoms with Crippen LogP contribution >= 0.6 is 0 Å². The predicted molar refractivity (Wildman–Crippen MR) is 96.6 cm³/mol. The monoisotopic (exact) mass is 318 g/mol. The number of para-hydroxylation sites is 2. The fourth-order valence-corrected chi connectivity index (χ4v) is 9.48. The van der Waals surface area contributed by atoms with Gasteiger partial charge in [-0.15, -0.1) is 0 Å². The zero-order valence-electron chi connectivity index (χ0n) is 15.0. The minimum Gasteiger partial charge on any atom is -0.406 e. The first-order valence-corrected chi connectivity index (χ1v) is 10.6. The van der Waals surface area contributed by atoms with Gasteiger partial charge in [0.05, 0.1) is 11.0 Å². The maximum absolute atomic E-state index is 6.78. The molecule has 0 radical (unpaired) electrons. The summed E-state index contributed by atoms with van der Waals surface area (Å²) in [5.41, 5.74) is 3.84. The summed E-state index contributed by atoms with van der Waals surface area (Å²) in [5, 5.41) is 0. The lowest BCUT2D eigenvalue weighted by molar-refractivity contribution is 0.187. The van der Waals surface area contributed by atoms with E-state index in [2.05, 4.69) is 59.5 Å². The molecule has 0 aliphatic heterocycles. The fraction of sp³-hybridized carbons (Fsp3) is 0.611. The van der Waals surface area contributed by atoms with Crippen molar-refractivity contribution in [2.24, 2.45) is 0 Å². The molecule has 122 valence electrons. The Balaban J connectivity index is 2.33. The van der Waals surface area contributed by atoms with Crippen LogP contribution < -0.4 is 0 Å². The molecule has 0 aliphatic rings. The van der Waals surface area contributed by atoms with Crippen molar-refractivity contribution in [1.82, 2.24) is 9.97 Å². The molecule has 0 aliphatic carbocycles. The van der Waals surface area contributed by atoms with Crippen molar-refractivity contribution in [2.75, 3.05) is 0 Å². The number of H-pyrrole nitrogens is 1. The molecule has 1 unspecified atom stereocenters. The highest BCUT2D eigenvalue weighted by Gasteiger charge is 2.46. The number of aromatic amines is 1. The maximum atomic E-state index is 6.78. The molecule has 0 amide bonds. The molecule has 1 aromatic carbocycles. The van der Waals surface area contributed by atoms with Gasteiger partial charge in [-0.1, -0.05) is 53.7 Å². The van der Waals surface area contributed by atoms with Crippen LogP contribution in [0.1, 0.15) is 60.4 Å². The van der Waals surface area contributed by atoms with Gasteiger partial charge in [-0.25, -0.2) is 4.98 Å².